The minimum atomic E-state index is -1.15. The minimum absolute atomic E-state index is 0.0284. The maximum atomic E-state index is 10.9. The molecule has 82 valence electrons. The van der Waals surface area contributed by atoms with Crippen LogP contribution in [0.2, 0.25) is 5.02 Å². The Kier molecular flexibility index (Phi) is 3.94. The van der Waals surface area contributed by atoms with E-state index < -0.39 is 12.1 Å². The summed E-state index contributed by atoms with van der Waals surface area (Å²) in [5, 5.41) is 18.0. The summed E-state index contributed by atoms with van der Waals surface area (Å²) in [6, 6.07) is 4.56. The van der Waals surface area contributed by atoms with Crippen molar-refractivity contribution in [3.05, 3.63) is 28.8 Å². The molecule has 1 rings (SSSR count). The second-order valence-electron chi connectivity index (χ2n) is 3.08. The normalized spacial score (nSPS) is 12.2. The molecule has 1 aromatic rings. The number of benzene rings is 1. The van der Waals surface area contributed by atoms with Crippen molar-refractivity contribution in [2.75, 3.05) is 6.61 Å². The predicted octanol–water partition coefficient (Wildman–Crippen LogP) is 1.80. The Morgan fingerprint density at radius 2 is 2.27 bits per heavy atom. The van der Waals surface area contributed by atoms with Gasteiger partial charge in [0.25, 0.3) is 0 Å². The van der Waals surface area contributed by atoms with E-state index >= 15 is 0 Å². The van der Waals surface area contributed by atoms with Crippen molar-refractivity contribution in [3.8, 4) is 5.75 Å². The van der Waals surface area contributed by atoms with Gasteiger partial charge in [0, 0.05) is 0 Å². The van der Waals surface area contributed by atoms with E-state index in [0.29, 0.717) is 0 Å². The van der Waals surface area contributed by atoms with Crippen LogP contribution in [-0.2, 0) is 0 Å². The molecule has 0 aromatic heterocycles. The molecule has 0 radical (unpaired) electrons. The summed E-state index contributed by atoms with van der Waals surface area (Å²) in [5.74, 6) is -0.989. The Morgan fingerprint density at radius 3 is 2.80 bits per heavy atom. The minimum Gasteiger partial charge on any atom is -0.490 e. The molecule has 0 aliphatic heterocycles. The van der Waals surface area contributed by atoms with E-state index in [4.69, 9.17) is 26.6 Å². The van der Waals surface area contributed by atoms with Gasteiger partial charge >= 0.3 is 5.97 Å². The highest BCUT2D eigenvalue weighted by Crippen LogP contribution is 2.26. The highest BCUT2D eigenvalue weighted by atomic mass is 35.5. The Hall–Kier alpha value is -1.26. The number of aliphatic hydroxyl groups excluding tert-OH is 1. The van der Waals surface area contributed by atoms with Crippen molar-refractivity contribution in [1.29, 1.82) is 0 Å². The molecule has 1 atom stereocenters. The molecule has 15 heavy (non-hydrogen) atoms. The number of ether oxygens (including phenoxy) is 1. The van der Waals surface area contributed by atoms with Crippen LogP contribution in [0.25, 0.3) is 0 Å². The SMILES string of the molecule is CC(O)COc1cccc(Cl)c1C(=O)O. The smallest absolute Gasteiger partial charge is 0.341 e. The van der Waals surface area contributed by atoms with Crippen LogP contribution in [0.3, 0.4) is 0 Å². The first-order valence-electron chi connectivity index (χ1n) is 4.35. The number of aromatic carboxylic acids is 1. The first-order chi connectivity index (χ1) is 7.02. The number of carboxylic acid groups (broad SMARTS) is 1. The van der Waals surface area contributed by atoms with Gasteiger partial charge in [0.2, 0.25) is 0 Å². The number of carbonyl (C=O) groups is 1. The Labute approximate surface area is 92.1 Å². The number of halogens is 1. The van der Waals surface area contributed by atoms with Gasteiger partial charge in [-0.2, -0.15) is 0 Å². The number of rotatable bonds is 4. The third-order valence-electron chi connectivity index (χ3n) is 1.67. The number of hydrogen-bond donors (Lipinski definition) is 2. The number of hydrogen-bond acceptors (Lipinski definition) is 3. The van der Waals surface area contributed by atoms with Crippen LogP contribution in [-0.4, -0.2) is 28.9 Å². The average molecular weight is 231 g/mol. The molecule has 0 saturated carbocycles. The van der Waals surface area contributed by atoms with Gasteiger partial charge in [-0.1, -0.05) is 17.7 Å². The second kappa shape index (κ2) is 5.00. The Bertz CT molecular complexity index is 362. The van der Waals surface area contributed by atoms with Crippen LogP contribution < -0.4 is 4.74 Å². The van der Waals surface area contributed by atoms with Gasteiger partial charge in [0.05, 0.1) is 11.1 Å². The van der Waals surface area contributed by atoms with Crippen molar-refractivity contribution in [1.82, 2.24) is 0 Å². The molecule has 0 heterocycles. The summed E-state index contributed by atoms with van der Waals surface area (Å²) < 4.78 is 5.13. The molecule has 0 bridgehead atoms. The fourth-order valence-corrected chi connectivity index (χ4v) is 1.29. The van der Waals surface area contributed by atoms with Gasteiger partial charge in [-0.05, 0) is 19.1 Å². The Morgan fingerprint density at radius 1 is 1.60 bits per heavy atom. The molecule has 0 aliphatic carbocycles. The number of aliphatic hydroxyl groups is 1. The molecule has 2 N–H and O–H groups in total. The van der Waals surface area contributed by atoms with Crippen LogP contribution in [0, 0.1) is 0 Å². The monoisotopic (exact) mass is 230 g/mol. The van der Waals surface area contributed by atoms with Gasteiger partial charge in [0.1, 0.15) is 17.9 Å². The maximum absolute atomic E-state index is 10.9. The first kappa shape index (κ1) is 11.8. The van der Waals surface area contributed by atoms with Gasteiger partial charge in [-0.15, -0.1) is 0 Å². The second-order valence-corrected chi connectivity index (χ2v) is 3.49. The van der Waals surface area contributed by atoms with E-state index in [-0.39, 0.29) is 22.9 Å². The van der Waals surface area contributed by atoms with Gasteiger partial charge in [0.15, 0.2) is 0 Å². The third kappa shape index (κ3) is 3.11. The molecule has 1 aromatic carbocycles. The van der Waals surface area contributed by atoms with E-state index in [0.717, 1.165) is 0 Å². The summed E-state index contributed by atoms with van der Waals surface area (Å²) in [6.07, 6.45) is -0.661. The van der Waals surface area contributed by atoms with Crippen molar-refractivity contribution in [2.24, 2.45) is 0 Å². The molecule has 5 heteroatoms. The van der Waals surface area contributed by atoms with Gasteiger partial charge in [-0.25, -0.2) is 4.79 Å². The van der Waals surface area contributed by atoms with E-state index in [2.05, 4.69) is 0 Å². The lowest BCUT2D eigenvalue weighted by atomic mass is 10.2. The molecule has 4 nitrogen and oxygen atoms in total. The zero-order chi connectivity index (χ0) is 11.4. The quantitative estimate of drug-likeness (QED) is 0.828. The van der Waals surface area contributed by atoms with Crippen molar-refractivity contribution >= 4 is 17.6 Å². The molecular weight excluding hydrogens is 220 g/mol. The topological polar surface area (TPSA) is 66.8 Å². The molecule has 0 spiro atoms. The predicted molar refractivity (Wildman–Crippen MR) is 55.6 cm³/mol. The summed E-state index contributed by atoms with van der Waals surface area (Å²) in [6.45, 7) is 1.58. The van der Waals surface area contributed by atoms with E-state index in [9.17, 15) is 4.79 Å². The van der Waals surface area contributed by atoms with E-state index in [1.807, 2.05) is 0 Å². The highest BCUT2D eigenvalue weighted by Gasteiger charge is 2.15. The third-order valence-corrected chi connectivity index (χ3v) is 1.98. The molecule has 1 unspecified atom stereocenters. The first-order valence-corrected chi connectivity index (χ1v) is 4.73. The van der Waals surface area contributed by atoms with Crippen LogP contribution in [0.1, 0.15) is 17.3 Å². The fraction of sp³-hybridized carbons (Fsp3) is 0.300. The molecule has 0 saturated heterocycles. The largest absolute Gasteiger partial charge is 0.490 e. The summed E-state index contributed by atoms with van der Waals surface area (Å²) in [4.78, 5) is 10.9. The van der Waals surface area contributed by atoms with E-state index in [1.54, 1.807) is 13.0 Å². The zero-order valence-electron chi connectivity index (χ0n) is 8.11. The lowest BCUT2D eigenvalue weighted by Gasteiger charge is -2.11. The van der Waals surface area contributed by atoms with Gasteiger partial charge in [-0.3, -0.25) is 0 Å². The van der Waals surface area contributed by atoms with Crippen molar-refractivity contribution in [3.63, 3.8) is 0 Å². The highest BCUT2D eigenvalue weighted by molar-refractivity contribution is 6.33. The van der Waals surface area contributed by atoms with E-state index in [1.165, 1.54) is 12.1 Å². The maximum Gasteiger partial charge on any atom is 0.341 e. The summed E-state index contributed by atoms with van der Waals surface area (Å²) in [5.41, 5.74) is -0.0835. The number of carboxylic acids is 1. The molecule has 0 aliphatic rings. The summed E-state index contributed by atoms with van der Waals surface area (Å²) >= 11 is 5.72. The van der Waals surface area contributed by atoms with Crippen LogP contribution in [0.15, 0.2) is 18.2 Å². The standard InChI is InChI=1S/C10H11ClO4/c1-6(12)5-15-8-4-2-3-7(11)9(8)10(13)14/h2-4,6,12H,5H2,1H3,(H,13,14). The Balaban J connectivity index is 2.96. The lowest BCUT2D eigenvalue weighted by molar-refractivity contribution is 0.0686. The summed E-state index contributed by atoms with van der Waals surface area (Å²) in [7, 11) is 0. The van der Waals surface area contributed by atoms with Crippen molar-refractivity contribution < 1.29 is 19.7 Å². The fourth-order valence-electron chi connectivity index (χ4n) is 1.04. The zero-order valence-corrected chi connectivity index (χ0v) is 8.86. The van der Waals surface area contributed by atoms with Crippen LogP contribution in [0.4, 0.5) is 0 Å². The average Bonchev–Trinajstić information content (AvgIpc) is 2.13. The van der Waals surface area contributed by atoms with Crippen LogP contribution in [0.5, 0.6) is 5.75 Å². The van der Waals surface area contributed by atoms with Crippen molar-refractivity contribution in [2.45, 2.75) is 13.0 Å². The molecular formula is C10H11ClO4. The lowest BCUT2D eigenvalue weighted by Crippen LogP contribution is -2.14. The molecule has 0 fully saturated rings. The van der Waals surface area contributed by atoms with Crippen LogP contribution >= 0.6 is 11.6 Å². The van der Waals surface area contributed by atoms with Gasteiger partial charge < -0.3 is 14.9 Å². The molecule has 0 amide bonds.